The molecule has 128 valence electrons. The summed E-state index contributed by atoms with van der Waals surface area (Å²) in [4.78, 5) is 12.1. The number of anilines is 1. The molecular weight excluding hydrogens is 316 g/mol. The van der Waals surface area contributed by atoms with Gasteiger partial charge >= 0.3 is 0 Å². The number of piperazine rings is 1. The Hall–Kier alpha value is -1.87. The number of nitrogens with zero attached hydrogens (tertiary/aromatic N) is 5. The lowest BCUT2D eigenvalue weighted by molar-refractivity contribution is 0.384. The molecule has 2 heterocycles. The SMILES string of the molecule is CN(C)C(N)=NCCS(=O)(=O)N1CCN(c2ccccn2)CC1. The summed E-state index contributed by atoms with van der Waals surface area (Å²) in [5, 5.41) is 0. The first-order valence-electron chi connectivity index (χ1n) is 7.51. The lowest BCUT2D eigenvalue weighted by atomic mass is 10.3. The van der Waals surface area contributed by atoms with E-state index in [0.29, 0.717) is 32.1 Å². The molecule has 0 spiro atoms. The van der Waals surface area contributed by atoms with Crippen LogP contribution in [-0.2, 0) is 10.0 Å². The summed E-state index contributed by atoms with van der Waals surface area (Å²) in [6.07, 6.45) is 1.74. The summed E-state index contributed by atoms with van der Waals surface area (Å²) in [5.41, 5.74) is 5.66. The summed E-state index contributed by atoms with van der Waals surface area (Å²) in [7, 11) is 0.231. The van der Waals surface area contributed by atoms with Crippen molar-refractivity contribution in [1.82, 2.24) is 14.2 Å². The van der Waals surface area contributed by atoms with Gasteiger partial charge < -0.3 is 15.5 Å². The lowest BCUT2D eigenvalue weighted by Crippen LogP contribution is -2.49. The summed E-state index contributed by atoms with van der Waals surface area (Å²) in [5.74, 6) is 1.19. The van der Waals surface area contributed by atoms with Gasteiger partial charge in [-0.05, 0) is 12.1 Å². The van der Waals surface area contributed by atoms with Crippen molar-refractivity contribution in [3.8, 4) is 0 Å². The number of hydrogen-bond acceptors (Lipinski definition) is 5. The van der Waals surface area contributed by atoms with E-state index in [1.54, 1.807) is 25.2 Å². The zero-order chi connectivity index (χ0) is 16.9. The number of guanidine groups is 1. The standard InChI is InChI=1S/C14H24N6O2S/c1-18(2)14(15)17-7-12-23(21,22)20-10-8-19(9-11-20)13-5-3-4-6-16-13/h3-6H,7-12H2,1-2H3,(H2,15,17). The Morgan fingerprint density at radius 2 is 2.00 bits per heavy atom. The van der Waals surface area contributed by atoms with E-state index in [1.165, 1.54) is 4.31 Å². The third-order valence-electron chi connectivity index (χ3n) is 3.69. The Balaban J connectivity index is 1.87. The van der Waals surface area contributed by atoms with Gasteiger partial charge in [0.1, 0.15) is 5.82 Å². The molecule has 0 unspecified atom stereocenters. The van der Waals surface area contributed by atoms with E-state index in [2.05, 4.69) is 14.9 Å². The first-order chi connectivity index (χ1) is 10.9. The van der Waals surface area contributed by atoms with Crippen molar-refractivity contribution in [3.05, 3.63) is 24.4 Å². The van der Waals surface area contributed by atoms with Crippen LogP contribution in [0.3, 0.4) is 0 Å². The number of nitrogens with two attached hydrogens (primary N) is 1. The second-order valence-electron chi connectivity index (χ2n) is 5.52. The van der Waals surface area contributed by atoms with Crippen LogP contribution in [0, 0.1) is 0 Å². The maximum atomic E-state index is 12.3. The lowest BCUT2D eigenvalue weighted by Gasteiger charge is -2.34. The fourth-order valence-corrected chi connectivity index (χ4v) is 3.58. The van der Waals surface area contributed by atoms with Crippen LogP contribution in [0.15, 0.2) is 29.4 Å². The summed E-state index contributed by atoms with van der Waals surface area (Å²) < 4.78 is 26.2. The number of hydrogen-bond donors (Lipinski definition) is 1. The maximum absolute atomic E-state index is 12.3. The van der Waals surface area contributed by atoms with E-state index in [4.69, 9.17) is 5.73 Å². The van der Waals surface area contributed by atoms with Gasteiger partial charge in [0.15, 0.2) is 5.96 Å². The highest BCUT2D eigenvalue weighted by molar-refractivity contribution is 7.89. The number of aliphatic imine (C=N–C) groups is 1. The molecule has 1 fully saturated rings. The monoisotopic (exact) mass is 340 g/mol. The Morgan fingerprint density at radius 3 is 2.57 bits per heavy atom. The first-order valence-corrected chi connectivity index (χ1v) is 9.12. The first kappa shape index (κ1) is 17.5. The molecule has 2 N–H and O–H groups in total. The van der Waals surface area contributed by atoms with Crippen LogP contribution in [-0.4, -0.2) is 81.1 Å². The predicted octanol–water partition coefficient (Wildman–Crippen LogP) is -0.590. The van der Waals surface area contributed by atoms with Gasteiger partial charge in [-0.1, -0.05) is 6.07 Å². The zero-order valence-corrected chi connectivity index (χ0v) is 14.4. The van der Waals surface area contributed by atoms with Crippen molar-refractivity contribution in [3.63, 3.8) is 0 Å². The molecule has 0 bridgehead atoms. The number of rotatable bonds is 5. The van der Waals surface area contributed by atoms with Crippen LogP contribution in [0.2, 0.25) is 0 Å². The van der Waals surface area contributed by atoms with Crippen molar-refractivity contribution >= 4 is 21.8 Å². The Morgan fingerprint density at radius 1 is 1.30 bits per heavy atom. The van der Waals surface area contributed by atoms with Gasteiger partial charge in [0.25, 0.3) is 0 Å². The maximum Gasteiger partial charge on any atom is 0.216 e. The van der Waals surface area contributed by atoms with Crippen molar-refractivity contribution < 1.29 is 8.42 Å². The molecule has 8 nitrogen and oxygen atoms in total. The van der Waals surface area contributed by atoms with Crippen LogP contribution in [0.5, 0.6) is 0 Å². The van der Waals surface area contributed by atoms with Crippen LogP contribution in [0.4, 0.5) is 5.82 Å². The molecule has 2 rings (SSSR count). The van der Waals surface area contributed by atoms with Gasteiger partial charge in [0, 0.05) is 46.5 Å². The largest absolute Gasteiger partial charge is 0.370 e. The van der Waals surface area contributed by atoms with Gasteiger partial charge in [-0.25, -0.2) is 13.4 Å². The van der Waals surface area contributed by atoms with Crippen molar-refractivity contribution in [2.45, 2.75) is 0 Å². The Bertz CT molecular complexity index is 624. The Labute approximate surface area is 137 Å². The molecule has 0 aromatic carbocycles. The summed E-state index contributed by atoms with van der Waals surface area (Å²) in [6.45, 7) is 2.38. The Kier molecular flexibility index (Phi) is 5.78. The molecule has 0 saturated carbocycles. The highest BCUT2D eigenvalue weighted by Crippen LogP contribution is 2.14. The number of pyridine rings is 1. The van der Waals surface area contributed by atoms with Gasteiger partial charge in [0.2, 0.25) is 10.0 Å². The highest BCUT2D eigenvalue weighted by Gasteiger charge is 2.26. The third-order valence-corrected chi connectivity index (χ3v) is 5.54. The average Bonchev–Trinajstić information content (AvgIpc) is 2.55. The second kappa shape index (κ2) is 7.60. The molecule has 9 heteroatoms. The van der Waals surface area contributed by atoms with Crippen LogP contribution < -0.4 is 10.6 Å². The topological polar surface area (TPSA) is 95.1 Å². The van der Waals surface area contributed by atoms with Gasteiger partial charge in [-0.2, -0.15) is 4.31 Å². The summed E-state index contributed by atoms with van der Waals surface area (Å²) in [6, 6.07) is 5.73. The fraction of sp³-hybridized carbons (Fsp3) is 0.571. The van der Waals surface area contributed by atoms with Crippen LogP contribution in [0.1, 0.15) is 0 Å². The molecular formula is C14H24N6O2S. The summed E-state index contributed by atoms with van der Waals surface area (Å²) >= 11 is 0. The molecule has 0 aliphatic carbocycles. The van der Waals surface area contributed by atoms with Crippen LogP contribution in [0.25, 0.3) is 0 Å². The van der Waals surface area contributed by atoms with E-state index >= 15 is 0 Å². The molecule has 1 aromatic rings. The minimum Gasteiger partial charge on any atom is -0.370 e. The van der Waals surface area contributed by atoms with Crippen molar-refractivity contribution in [2.75, 3.05) is 57.5 Å². The van der Waals surface area contributed by atoms with Crippen LogP contribution >= 0.6 is 0 Å². The third kappa shape index (κ3) is 4.80. The van der Waals surface area contributed by atoms with E-state index in [9.17, 15) is 8.42 Å². The minimum absolute atomic E-state index is 0.0227. The molecule has 0 amide bonds. The van der Waals surface area contributed by atoms with E-state index in [-0.39, 0.29) is 12.3 Å². The highest BCUT2D eigenvalue weighted by atomic mass is 32.2. The molecule has 1 aromatic heterocycles. The van der Waals surface area contributed by atoms with E-state index < -0.39 is 10.0 Å². The molecule has 0 radical (unpaired) electrons. The predicted molar refractivity (Wildman–Crippen MR) is 92.0 cm³/mol. The minimum atomic E-state index is -3.31. The fourth-order valence-electron chi connectivity index (χ4n) is 2.28. The molecule has 1 aliphatic rings. The average molecular weight is 340 g/mol. The molecule has 1 aliphatic heterocycles. The number of sulfonamides is 1. The number of aromatic nitrogens is 1. The van der Waals surface area contributed by atoms with Gasteiger partial charge in [-0.3, -0.25) is 4.99 Å². The quantitative estimate of drug-likeness (QED) is 0.569. The molecule has 23 heavy (non-hydrogen) atoms. The van der Waals surface area contributed by atoms with Crippen molar-refractivity contribution in [1.29, 1.82) is 0 Å². The van der Waals surface area contributed by atoms with Gasteiger partial charge in [-0.15, -0.1) is 0 Å². The van der Waals surface area contributed by atoms with Crippen molar-refractivity contribution in [2.24, 2.45) is 10.7 Å². The van der Waals surface area contributed by atoms with E-state index in [1.807, 2.05) is 18.2 Å². The second-order valence-corrected chi connectivity index (χ2v) is 7.61. The van der Waals surface area contributed by atoms with Gasteiger partial charge in [0.05, 0.1) is 12.3 Å². The molecule has 0 atom stereocenters. The smallest absolute Gasteiger partial charge is 0.216 e. The zero-order valence-electron chi connectivity index (χ0n) is 13.6. The normalized spacial score (nSPS) is 17.3. The van der Waals surface area contributed by atoms with E-state index in [0.717, 1.165) is 5.82 Å². The molecule has 1 saturated heterocycles.